The number of allylic oxidation sites excluding steroid dienone is 1. The van der Waals surface area contributed by atoms with Crippen LogP contribution in [0.3, 0.4) is 0 Å². The molecule has 3 heterocycles. The van der Waals surface area contributed by atoms with Gasteiger partial charge in [-0.25, -0.2) is 0 Å². The second-order valence-corrected chi connectivity index (χ2v) is 19.4. The number of rotatable bonds is 8. The molecule has 0 fully saturated rings. The summed E-state index contributed by atoms with van der Waals surface area (Å²) in [5.74, 6) is 0. The van der Waals surface area contributed by atoms with Crippen LogP contribution in [-0.2, 0) is 12.8 Å². The van der Waals surface area contributed by atoms with Crippen molar-refractivity contribution in [1.82, 2.24) is 0 Å². The van der Waals surface area contributed by atoms with Crippen LogP contribution >= 0.6 is 0 Å². The molecular weight excluding hydrogens is 893 g/mol. The Hall–Kier alpha value is -9.58. The number of fused-ring (bicyclic) bond motifs is 12. The average molecular weight is 935 g/mol. The quantitative estimate of drug-likeness (QED) is 0.112. The summed E-state index contributed by atoms with van der Waals surface area (Å²) in [6, 6.07) is 76.5. The van der Waals surface area contributed by atoms with E-state index in [9.17, 15) is 0 Å². The van der Waals surface area contributed by atoms with Crippen LogP contribution < -0.4 is 9.80 Å². The maximum atomic E-state index is 6.94. The van der Waals surface area contributed by atoms with Crippen molar-refractivity contribution in [3.8, 4) is 11.1 Å². The minimum absolute atomic E-state index is 0.684. The lowest BCUT2D eigenvalue weighted by atomic mass is 9.88. The molecule has 342 valence electrons. The van der Waals surface area contributed by atoms with Crippen molar-refractivity contribution in [3.05, 3.63) is 242 Å². The Bertz CT molecular complexity index is 4680. The SMILES string of the molecule is C=CCc1cc(N(c2cccc3c2Cc2ccccc2-3)c2cccc3c2oc2ccccc23)c2ccc3ccc(N(c4cccc5c4oc4ccccc45)c4cccc5c4oc4ccccc45)c4ccc1c2c34. The molecule has 0 spiro atoms. The minimum atomic E-state index is 0.684. The lowest BCUT2D eigenvalue weighted by Gasteiger charge is -2.31. The molecule has 1 aliphatic rings. The standard InChI is InChI=1S/C68H42N2O3/c1-2-15-41-39-60(70(55-25-11-21-45-43-17-4-3-16-42(43)38-54(45)55)59-28-14-24-51-48-20-7-10-31-63(48)73-68(51)59)53-34-32-40-33-37-56(52-36-35-44(41)65(53)64(40)52)69(57-26-12-22-49-46-18-5-8-29-61(46)71-66(49)57)58-27-13-23-50-47-19-6-9-30-62(47)72-67(50)58/h2-14,16-37,39H,1,15,38H2. The van der Waals surface area contributed by atoms with Crippen LogP contribution in [0.25, 0.3) is 109 Å². The maximum absolute atomic E-state index is 6.94. The topological polar surface area (TPSA) is 45.9 Å². The van der Waals surface area contributed by atoms with Crippen LogP contribution in [-0.4, -0.2) is 0 Å². The van der Waals surface area contributed by atoms with Gasteiger partial charge in [0.1, 0.15) is 16.7 Å². The van der Waals surface area contributed by atoms with Crippen molar-refractivity contribution in [2.75, 3.05) is 9.80 Å². The Labute approximate surface area is 418 Å². The molecule has 0 radical (unpaired) electrons. The molecule has 12 aromatic carbocycles. The number of nitrogens with zero attached hydrogens (tertiary/aromatic N) is 2. The van der Waals surface area contributed by atoms with E-state index in [0.717, 1.165) is 123 Å². The van der Waals surface area contributed by atoms with Gasteiger partial charge < -0.3 is 23.1 Å². The minimum Gasteiger partial charge on any atom is -0.454 e. The normalized spacial score (nSPS) is 12.4. The first-order valence-electron chi connectivity index (χ1n) is 25.0. The maximum Gasteiger partial charge on any atom is 0.159 e. The summed E-state index contributed by atoms with van der Waals surface area (Å²) in [5.41, 5.74) is 17.5. The number of para-hydroxylation sites is 6. The van der Waals surface area contributed by atoms with Crippen molar-refractivity contribution in [3.63, 3.8) is 0 Å². The molecule has 5 heteroatoms. The van der Waals surface area contributed by atoms with Crippen molar-refractivity contribution in [2.45, 2.75) is 12.8 Å². The molecule has 0 N–H and O–H groups in total. The number of benzene rings is 12. The lowest BCUT2D eigenvalue weighted by Crippen LogP contribution is -2.14. The van der Waals surface area contributed by atoms with Gasteiger partial charge in [0.15, 0.2) is 16.7 Å². The zero-order chi connectivity index (χ0) is 47.9. The summed E-state index contributed by atoms with van der Waals surface area (Å²) in [5, 5.41) is 13.5. The Morgan fingerprint density at radius 3 is 1.45 bits per heavy atom. The number of hydrogen-bond donors (Lipinski definition) is 0. The van der Waals surface area contributed by atoms with Crippen molar-refractivity contribution in [2.24, 2.45) is 0 Å². The van der Waals surface area contributed by atoms with Gasteiger partial charge in [-0.2, -0.15) is 0 Å². The van der Waals surface area contributed by atoms with E-state index in [-0.39, 0.29) is 0 Å². The summed E-state index contributed by atoms with van der Waals surface area (Å²) in [6.07, 6.45) is 3.55. The van der Waals surface area contributed by atoms with E-state index in [2.05, 4.69) is 217 Å². The Morgan fingerprint density at radius 1 is 0.370 bits per heavy atom. The van der Waals surface area contributed by atoms with Crippen molar-refractivity contribution < 1.29 is 13.3 Å². The summed E-state index contributed by atoms with van der Waals surface area (Å²) >= 11 is 0. The predicted octanol–water partition coefficient (Wildman–Crippen LogP) is 19.5. The van der Waals surface area contributed by atoms with Crippen LogP contribution in [0.15, 0.2) is 238 Å². The van der Waals surface area contributed by atoms with Gasteiger partial charge >= 0.3 is 0 Å². The van der Waals surface area contributed by atoms with Crippen LogP contribution in [0.4, 0.5) is 34.1 Å². The highest BCUT2D eigenvalue weighted by molar-refractivity contribution is 6.30. The highest BCUT2D eigenvalue weighted by Gasteiger charge is 2.31. The molecule has 0 aliphatic heterocycles. The largest absolute Gasteiger partial charge is 0.454 e. The molecular formula is C68H42N2O3. The fourth-order valence-corrected chi connectivity index (χ4v) is 12.5. The van der Waals surface area contributed by atoms with Gasteiger partial charge in [0, 0.05) is 49.5 Å². The Kier molecular flexibility index (Phi) is 8.37. The van der Waals surface area contributed by atoms with E-state index in [0.29, 0.717) is 6.42 Å². The fourth-order valence-electron chi connectivity index (χ4n) is 12.5. The highest BCUT2D eigenvalue weighted by Crippen LogP contribution is 2.54. The zero-order valence-corrected chi connectivity index (χ0v) is 39.5. The van der Waals surface area contributed by atoms with E-state index < -0.39 is 0 Å². The van der Waals surface area contributed by atoms with Gasteiger partial charge in [0.25, 0.3) is 0 Å². The summed E-state index contributed by atoms with van der Waals surface area (Å²) in [7, 11) is 0. The van der Waals surface area contributed by atoms with Gasteiger partial charge in [0.05, 0.1) is 34.1 Å². The first-order valence-corrected chi connectivity index (χ1v) is 25.0. The van der Waals surface area contributed by atoms with Crippen LogP contribution in [0.2, 0.25) is 0 Å². The summed E-state index contributed by atoms with van der Waals surface area (Å²) in [6.45, 7) is 4.32. The van der Waals surface area contributed by atoms with E-state index in [4.69, 9.17) is 13.3 Å². The monoisotopic (exact) mass is 934 g/mol. The second-order valence-electron chi connectivity index (χ2n) is 19.4. The first-order chi connectivity index (χ1) is 36.2. The molecule has 73 heavy (non-hydrogen) atoms. The lowest BCUT2D eigenvalue weighted by molar-refractivity contribution is 0.666. The molecule has 15 aromatic rings. The van der Waals surface area contributed by atoms with E-state index >= 15 is 0 Å². The predicted molar refractivity (Wildman–Crippen MR) is 303 cm³/mol. The highest BCUT2D eigenvalue weighted by atomic mass is 16.3. The van der Waals surface area contributed by atoms with Gasteiger partial charge in [-0.15, -0.1) is 6.58 Å². The van der Waals surface area contributed by atoms with Crippen LogP contribution in [0, 0.1) is 0 Å². The van der Waals surface area contributed by atoms with Gasteiger partial charge in [-0.05, 0) is 110 Å². The summed E-state index contributed by atoms with van der Waals surface area (Å²) in [4.78, 5) is 4.86. The van der Waals surface area contributed by atoms with E-state index in [1.54, 1.807) is 0 Å². The van der Waals surface area contributed by atoms with Gasteiger partial charge in [0.2, 0.25) is 0 Å². The van der Waals surface area contributed by atoms with Gasteiger partial charge in [-0.1, -0.05) is 164 Å². The van der Waals surface area contributed by atoms with E-state index in [1.165, 1.54) is 44.0 Å². The second kappa shape index (κ2) is 15.2. The molecule has 3 aromatic heterocycles. The fraction of sp³-hybridized carbons (Fsp3) is 0.0294. The average Bonchev–Trinajstić information content (AvgIpc) is 4.23. The molecule has 1 aliphatic carbocycles. The molecule has 0 amide bonds. The molecule has 0 saturated heterocycles. The Balaban J connectivity index is 1.01. The van der Waals surface area contributed by atoms with Crippen LogP contribution in [0.1, 0.15) is 16.7 Å². The Morgan fingerprint density at radius 2 is 0.836 bits per heavy atom. The molecule has 0 bridgehead atoms. The number of anilines is 6. The first kappa shape index (κ1) is 40.2. The third-order valence-electron chi connectivity index (χ3n) is 15.6. The van der Waals surface area contributed by atoms with E-state index in [1.807, 2.05) is 18.2 Å². The van der Waals surface area contributed by atoms with Crippen molar-refractivity contribution >= 4 is 132 Å². The van der Waals surface area contributed by atoms with Crippen LogP contribution in [0.5, 0.6) is 0 Å². The third-order valence-corrected chi connectivity index (χ3v) is 15.6. The number of hydrogen-bond acceptors (Lipinski definition) is 5. The van der Waals surface area contributed by atoms with Crippen molar-refractivity contribution in [1.29, 1.82) is 0 Å². The van der Waals surface area contributed by atoms with Gasteiger partial charge in [-0.3, -0.25) is 0 Å². The molecule has 5 nitrogen and oxygen atoms in total. The smallest absolute Gasteiger partial charge is 0.159 e. The number of furan rings is 3. The molecule has 0 atom stereocenters. The molecule has 0 unspecified atom stereocenters. The summed E-state index contributed by atoms with van der Waals surface area (Å²) < 4.78 is 20.7. The third kappa shape index (κ3) is 5.67. The molecule has 16 rings (SSSR count). The molecule has 0 saturated carbocycles. The zero-order valence-electron chi connectivity index (χ0n) is 39.5.